The van der Waals surface area contributed by atoms with Gasteiger partial charge < -0.3 is 26.1 Å². The molecule has 0 aromatic carbocycles. The van der Waals surface area contributed by atoms with Gasteiger partial charge in [-0.1, -0.05) is 28.3 Å². The molecule has 2 aliphatic rings. The summed E-state index contributed by atoms with van der Waals surface area (Å²) >= 11 is 4.70. The molecule has 4 rings (SSSR count). The third-order valence-electron chi connectivity index (χ3n) is 5.00. The first-order chi connectivity index (χ1) is 17.5. The van der Waals surface area contributed by atoms with Gasteiger partial charge in [-0.3, -0.25) is 14.5 Å². The minimum atomic E-state index is -1.78. The SMILES string of the molecule is CC(C)(ON=C(C(=O)NC1C(=O)N2C(C(=O)O)=C(CSc3nncs3)CS[C@H]12)c1nsc(N)n1)C(=O)O. The predicted octanol–water partition coefficient (Wildman–Crippen LogP) is 0.0866. The van der Waals surface area contributed by atoms with Gasteiger partial charge in [0.15, 0.2) is 9.47 Å². The molecule has 0 saturated carbocycles. The summed E-state index contributed by atoms with van der Waals surface area (Å²) in [5, 5.41) is 32.2. The first kappa shape index (κ1) is 26.8. The summed E-state index contributed by atoms with van der Waals surface area (Å²) in [4.78, 5) is 59.5. The first-order valence-electron chi connectivity index (χ1n) is 10.2. The van der Waals surface area contributed by atoms with E-state index in [1.54, 1.807) is 5.51 Å². The van der Waals surface area contributed by atoms with Crippen LogP contribution in [0.5, 0.6) is 0 Å². The van der Waals surface area contributed by atoms with E-state index in [9.17, 15) is 29.4 Å². The summed E-state index contributed by atoms with van der Waals surface area (Å²) in [5.41, 5.74) is 5.30. The average Bonchev–Trinajstić information content (AvgIpc) is 3.52. The molecule has 0 radical (unpaired) electrons. The number of hydrogen-bond acceptors (Lipinski definition) is 15. The summed E-state index contributed by atoms with van der Waals surface area (Å²) in [6, 6.07) is -1.07. The molecule has 1 saturated heterocycles. The van der Waals surface area contributed by atoms with Crippen molar-refractivity contribution < 1.29 is 34.2 Å². The van der Waals surface area contributed by atoms with E-state index in [1.165, 1.54) is 48.7 Å². The molecule has 0 spiro atoms. The number of amides is 2. The summed E-state index contributed by atoms with van der Waals surface area (Å²) in [5.74, 6) is -3.74. The van der Waals surface area contributed by atoms with Crippen molar-refractivity contribution in [2.75, 3.05) is 17.2 Å². The van der Waals surface area contributed by atoms with Crippen LogP contribution in [-0.2, 0) is 24.0 Å². The monoisotopic (exact) mass is 586 g/mol. The molecule has 2 atom stereocenters. The van der Waals surface area contributed by atoms with Crippen LogP contribution >= 0.6 is 46.4 Å². The Morgan fingerprint density at radius 1 is 1.38 bits per heavy atom. The number of nitrogens with one attached hydrogen (secondary N) is 1. The maximum Gasteiger partial charge on any atom is 0.352 e. The standard InChI is InChI=1S/C18H18N8O7S4/c1-18(2,15(31)32)33-24-7(10-22-16(19)37-25-10)11(27)21-8-12(28)26-9(14(29)30)6(3-34-13(8)26)4-35-17-23-20-5-36-17/h5,8,13H,3-4H2,1-2H3,(H,21,27)(H,29,30)(H,31,32)(H2,19,22,25)/t8?,13-/m1/s1. The average molecular weight is 587 g/mol. The topological polar surface area (TPSA) is 223 Å². The minimum absolute atomic E-state index is 0.0249. The number of hydrogen-bond donors (Lipinski definition) is 4. The maximum atomic E-state index is 13.1. The van der Waals surface area contributed by atoms with Gasteiger partial charge in [0.2, 0.25) is 17.1 Å². The molecular weight excluding hydrogens is 569 g/mol. The number of aromatic nitrogens is 4. The highest BCUT2D eigenvalue weighted by molar-refractivity contribution is 8.01. The number of fused-ring (bicyclic) bond motifs is 1. The Labute approximate surface area is 224 Å². The third-order valence-corrected chi connectivity index (χ3v) is 8.82. The highest BCUT2D eigenvalue weighted by Crippen LogP contribution is 2.41. The van der Waals surface area contributed by atoms with Crippen LogP contribution in [0.15, 0.2) is 26.3 Å². The summed E-state index contributed by atoms with van der Waals surface area (Å²) < 4.78 is 4.58. The zero-order chi connectivity index (χ0) is 26.9. The molecule has 2 amide bonds. The molecule has 0 bridgehead atoms. The number of oxime groups is 1. The number of nitrogens with zero attached hydrogens (tertiary/aromatic N) is 6. The van der Waals surface area contributed by atoms with Crippen molar-refractivity contribution in [1.82, 2.24) is 29.8 Å². The van der Waals surface area contributed by atoms with Gasteiger partial charge >= 0.3 is 11.9 Å². The number of β-lactam (4-membered cyclic amide) rings is 1. The van der Waals surface area contributed by atoms with E-state index >= 15 is 0 Å². The number of carbonyl (C=O) groups is 4. The predicted molar refractivity (Wildman–Crippen MR) is 134 cm³/mol. The molecule has 15 nitrogen and oxygen atoms in total. The lowest BCUT2D eigenvalue weighted by Crippen LogP contribution is -2.71. The molecule has 4 heterocycles. The van der Waals surface area contributed by atoms with E-state index in [1.807, 2.05) is 0 Å². The molecule has 19 heteroatoms. The first-order valence-corrected chi connectivity index (χ1v) is 13.9. The van der Waals surface area contributed by atoms with Crippen molar-refractivity contribution >= 4 is 81.0 Å². The van der Waals surface area contributed by atoms with Crippen LogP contribution in [0.3, 0.4) is 0 Å². The largest absolute Gasteiger partial charge is 0.478 e. The number of anilines is 1. The van der Waals surface area contributed by atoms with Crippen molar-refractivity contribution in [2.45, 2.75) is 35.2 Å². The van der Waals surface area contributed by atoms with Crippen molar-refractivity contribution in [2.24, 2.45) is 5.16 Å². The summed E-state index contributed by atoms with van der Waals surface area (Å²) in [7, 11) is 0. The Hall–Kier alpha value is -3.29. The Bertz CT molecular complexity index is 1310. The molecule has 196 valence electrons. The second-order valence-electron chi connectivity index (χ2n) is 7.91. The van der Waals surface area contributed by atoms with Gasteiger partial charge in [-0.25, -0.2) is 9.59 Å². The number of nitrogens with two attached hydrogens (primary N) is 1. The quantitative estimate of drug-likeness (QED) is 0.125. The van der Waals surface area contributed by atoms with Crippen LogP contribution in [0.4, 0.5) is 5.13 Å². The third kappa shape index (κ3) is 5.53. The number of rotatable bonds is 10. The minimum Gasteiger partial charge on any atom is -0.478 e. The Balaban J connectivity index is 1.52. The number of carbonyl (C=O) groups excluding carboxylic acids is 2. The number of aliphatic carboxylic acids is 2. The zero-order valence-electron chi connectivity index (χ0n) is 19.0. The van der Waals surface area contributed by atoms with Crippen molar-refractivity contribution in [1.29, 1.82) is 0 Å². The number of nitrogen functional groups attached to an aromatic ring is 1. The fourth-order valence-corrected chi connectivity index (χ4v) is 6.50. The highest BCUT2D eigenvalue weighted by atomic mass is 32.2. The normalized spacial score (nSPS) is 19.8. The van der Waals surface area contributed by atoms with Gasteiger partial charge in [-0.05, 0) is 19.4 Å². The molecular formula is C18H18N8O7S4. The van der Waals surface area contributed by atoms with Gasteiger partial charge in [0.1, 0.15) is 22.6 Å². The zero-order valence-corrected chi connectivity index (χ0v) is 22.2. The fraction of sp³-hybridized carbons (Fsp3) is 0.389. The molecule has 1 fully saturated rings. The molecule has 37 heavy (non-hydrogen) atoms. The Morgan fingerprint density at radius 2 is 2.14 bits per heavy atom. The molecule has 0 aliphatic carbocycles. The maximum absolute atomic E-state index is 13.1. The Morgan fingerprint density at radius 3 is 2.73 bits per heavy atom. The lowest BCUT2D eigenvalue weighted by molar-refractivity contribution is -0.161. The van der Waals surface area contributed by atoms with E-state index in [-0.39, 0.29) is 16.7 Å². The lowest BCUT2D eigenvalue weighted by Gasteiger charge is -2.49. The van der Waals surface area contributed by atoms with Gasteiger partial charge in [-0.2, -0.15) is 9.36 Å². The lowest BCUT2D eigenvalue weighted by atomic mass is 10.0. The smallest absolute Gasteiger partial charge is 0.352 e. The van der Waals surface area contributed by atoms with Crippen LogP contribution in [0, 0.1) is 0 Å². The second kappa shape index (κ2) is 10.6. The van der Waals surface area contributed by atoms with E-state index in [4.69, 9.17) is 10.6 Å². The van der Waals surface area contributed by atoms with Crippen LogP contribution in [-0.4, -0.2) is 92.7 Å². The van der Waals surface area contributed by atoms with Crippen LogP contribution in [0.2, 0.25) is 0 Å². The van der Waals surface area contributed by atoms with Crippen LogP contribution in [0.25, 0.3) is 0 Å². The van der Waals surface area contributed by atoms with Gasteiger partial charge in [0.25, 0.3) is 11.8 Å². The molecule has 5 N–H and O–H groups in total. The second-order valence-corrected chi connectivity index (χ2v) is 11.9. The van der Waals surface area contributed by atoms with Gasteiger partial charge in [-0.15, -0.1) is 22.0 Å². The highest BCUT2D eigenvalue weighted by Gasteiger charge is 2.54. The van der Waals surface area contributed by atoms with Crippen molar-refractivity contribution in [3.8, 4) is 0 Å². The number of carboxylic acid groups (broad SMARTS) is 2. The molecule has 2 aliphatic heterocycles. The van der Waals surface area contributed by atoms with Crippen LogP contribution < -0.4 is 11.1 Å². The number of carboxylic acids is 2. The molecule has 2 aromatic heterocycles. The fourth-order valence-electron chi connectivity index (χ4n) is 3.09. The van der Waals surface area contributed by atoms with Gasteiger partial charge in [0, 0.05) is 23.0 Å². The summed E-state index contributed by atoms with van der Waals surface area (Å²) in [6.45, 7) is 2.45. The summed E-state index contributed by atoms with van der Waals surface area (Å²) in [6.07, 6.45) is 0. The van der Waals surface area contributed by atoms with E-state index in [2.05, 4.69) is 30.0 Å². The number of thioether (sulfide) groups is 2. The van der Waals surface area contributed by atoms with Crippen molar-refractivity contribution in [3.05, 3.63) is 22.6 Å². The van der Waals surface area contributed by atoms with Crippen molar-refractivity contribution in [3.63, 3.8) is 0 Å². The molecule has 1 unspecified atom stereocenters. The van der Waals surface area contributed by atoms with E-state index in [0.717, 1.165) is 16.4 Å². The van der Waals surface area contributed by atoms with E-state index < -0.39 is 46.5 Å². The Kier molecular flexibility index (Phi) is 7.67. The van der Waals surface area contributed by atoms with E-state index in [0.29, 0.717) is 21.4 Å². The molecule has 2 aromatic rings. The van der Waals surface area contributed by atoms with Gasteiger partial charge in [0.05, 0.1) is 0 Å². The van der Waals surface area contributed by atoms with Crippen LogP contribution in [0.1, 0.15) is 19.7 Å².